The Kier molecular flexibility index (Phi) is 4.57. The highest BCUT2D eigenvalue weighted by atomic mass is 16.5. The largest absolute Gasteiger partial charge is 0.371 e. The summed E-state index contributed by atoms with van der Waals surface area (Å²) in [6, 6.07) is 1.95. The van der Waals surface area contributed by atoms with Crippen LogP contribution >= 0.6 is 0 Å². The van der Waals surface area contributed by atoms with Crippen LogP contribution in [0.2, 0.25) is 0 Å². The Morgan fingerprint density at radius 3 is 3.00 bits per heavy atom. The van der Waals surface area contributed by atoms with Crippen LogP contribution in [0.15, 0.2) is 16.9 Å². The number of rotatable bonds is 6. The van der Waals surface area contributed by atoms with Crippen LogP contribution in [0.5, 0.6) is 0 Å². The van der Waals surface area contributed by atoms with E-state index in [0.29, 0.717) is 24.1 Å². The maximum Gasteiger partial charge on any atom is 0.246 e. The summed E-state index contributed by atoms with van der Waals surface area (Å²) >= 11 is 0. The fourth-order valence-electron chi connectivity index (χ4n) is 1.54. The average Bonchev–Trinajstić information content (AvgIpc) is 2.94. The van der Waals surface area contributed by atoms with Gasteiger partial charge in [0.1, 0.15) is 12.2 Å². The van der Waals surface area contributed by atoms with Gasteiger partial charge in [-0.3, -0.25) is 0 Å². The van der Waals surface area contributed by atoms with Gasteiger partial charge in [-0.15, -0.1) is 0 Å². The third-order valence-electron chi connectivity index (χ3n) is 2.48. The van der Waals surface area contributed by atoms with Gasteiger partial charge >= 0.3 is 0 Å². The molecule has 2 aromatic rings. The van der Waals surface area contributed by atoms with E-state index in [0.717, 1.165) is 0 Å². The van der Waals surface area contributed by atoms with Gasteiger partial charge in [-0.1, -0.05) is 5.16 Å². The van der Waals surface area contributed by atoms with Crippen molar-refractivity contribution in [3.8, 4) is 6.07 Å². The third kappa shape index (κ3) is 3.27. The van der Waals surface area contributed by atoms with Crippen LogP contribution in [0, 0.1) is 11.3 Å². The first-order valence-corrected chi connectivity index (χ1v) is 6.13. The highest BCUT2D eigenvalue weighted by Gasteiger charge is 2.14. The number of aromatic nitrogens is 4. The molecule has 0 fully saturated rings. The number of hydrogen-bond donors (Lipinski definition) is 1. The van der Waals surface area contributed by atoms with Crippen molar-refractivity contribution in [2.24, 2.45) is 0 Å². The van der Waals surface area contributed by atoms with Crippen molar-refractivity contribution in [1.82, 2.24) is 20.1 Å². The molecule has 8 heteroatoms. The van der Waals surface area contributed by atoms with Gasteiger partial charge in [0.05, 0.1) is 6.54 Å². The summed E-state index contributed by atoms with van der Waals surface area (Å²) in [5.74, 6) is 1.26. The second kappa shape index (κ2) is 6.58. The Morgan fingerprint density at radius 2 is 2.25 bits per heavy atom. The van der Waals surface area contributed by atoms with Crippen LogP contribution < -0.4 is 5.32 Å². The summed E-state index contributed by atoms with van der Waals surface area (Å²) in [6.07, 6.45) is 2.74. The van der Waals surface area contributed by atoms with Crippen LogP contribution in [0.3, 0.4) is 0 Å². The van der Waals surface area contributed by atoms with Gasteiger partial charge in [0, 0.05) is 19.0 Å². The maximum absolute atomic E-state index is 8.89. The van der Waals surface area contributed by atoms with E-state index in [4.69, 9.17) is 14.5 Å². The van der Waals surface area contributed by atoms with Crippen molar-refractivity contribution in [3.63, 3.8) is 0 Å². The molecule has 2 heterocycles. The Hall–Kier alpha value is -2.53. The number of nitrogens with one attached hydrogen (secondary N) is 1. The predicted molar refractivity (Wildman–Crippen MR) is 68.4 cm³/mol. The van der Waals surface area contributed by atoms with Crippen LogP contribution in [-0.2, 0) is 11.3 Å². The molecule has 1 N–H and O–H groups in total. The molecule has 2 aromatic heterocycles. The number of nitriles is 1. The van der Waals surface area contributed by atoms with E-state index in [9.17, 15) is 0 Å². The molecule has 0 saturated heterocycles. The summed E-state index contributed by atoms with van der Waals surface area (Å²) in [5, 5.41) is 15.7. The third-order valence-corrected chi connectivity index (χ3v) is 2.48. The molecule has 8 nitrogen and oxygen atoms in total. The highest BCUT2D eigenvalue weighted by molar-refractivity contribution is 5.46. The van der Waals surface area contributed by atoms with E-state index in [1.54, 1.807) is 0 Å². The van der Waals surface area contributed by atoms with E-state index in [-0.39, 0.29) is 18.3 Å². The minimum atomic E-state index is -0.219. The quantitative estimate of drug-likeness (QED) is 0.842. The molecule has 0 bridgehead atoms. The molecule has 0 radical (unpaired) electrons. The lowest BCUT2D eigenvalue weighted by atomic mass is 10.4. The average molecular weight is 274 g/mol. The standard InChI is InChI=1S/C12H14N6O2/c1-3-19-8(2)11-17-10(20-18-11)7-16-12-9(6-13)14-4-5-15-12/h4-5,8H,3,7H2,1-2H3,(H,15,16)/t8-/m1/s1. The van der Waals surface area contributed by atoms with Gasteiger partial charge in [-0.05, 0) is 13.8 Å². The molecular formula is C12H14N6O2. The van der Waals surface area contributed by atoms with Crippen molar-refractivity contribution in [3.05, 3.63) is 29.8 Å². The second-order valence-corrected chi connectivity index (χ2v) is 3.86. The first kappa shape index (κ1) is 13.9. The molecule has 0 unspecified atom stereocenters. The lowest BCUT2D eigenvalue weighted by Crippen LogP contribution is -2.05. The van der Waals surface area contributed by atoms with Gasteiger partial charge in [-0.25, -0.2) is 9.97 Å². The summed E-state index contributed by atoms with van der Waals surface area (Å²) in [4.78, 5) is 12.1. The van der Waals surface area contributed by atoms with Gasteiger partial charge in [0.15, 0.2) is 17.3 Å². The molecule has 0 amide bonds. The van der Waals surface area contributed by atoms with Crippen molar-refractivity contribution in [2.45, 2.75) is 26.5 Å². The number of hydrogen-bond acceptors (Lipinski definition) is 8. The van der Waals surface area contributed by atoms with Crippen molar-refractivity contribution in [2.75, 3.05) is 11.9 Å². The van der Waals surface area contributed by atoms with Crippen LogP contribution in [0.25, 0.3) is 0 Å². The Morgan fingerprint density at radius 1 is 1.45 bits per heavy atom. The molecule has 0 aliphatic rings. The topological polar surface area (TPSA) is 110 Å². The molecule has 104 valence electrons. The Labute approximate surface area is 115 Å². The zero-order chi connectivity index (χ0) is 14.4. The summed E-state index contributed by atoms with van der Waals surface area (Å²) in [7, 11) is 0. The SMILES string of the molecule is CCO[C@H](C)c1noc(CNc2nccnc2C#N)n1. The normalized spacial score (nSPS) is 11.8. The molecule has 0 saturated carbocycles. The fraction of sp³-hybridized carbons (Fsp3) is 0.417. The molecule has 1 atom stereocenters. The lowest BCUT2D eigenvalue weighted by molar-refractivity contribution is 0.0683. The van der Waals surface area contributed by atoms with Crippen LogP contribution in [0.1, 0.15) is 37.4 Å². The highest BCUT2D eigenvalue weighted by Crippen LogP contribution is 2.14. The minimum Gasteiger partial charge on any atom is -0.371 e. The van der Waals surface area contributed by atoms with Crippen molar-refractivity contribution >= 4 is 5.82 Å². The van der Waals surface area contributed by atoms with E-state index < -0.39 is 0 Å². The zero-order valence-corrected chi connectivity index (χ0v) is 11.2. The molecular weight excluding hydrogens is 260 g/mol. The van der Waals surface area contributed by atoms with Gasteiger partial charge < -0.3 is 14.6 Å². The van der Waals surface area contributed by atoms with E-state index in [1.807, 2.05) is 19.9 Å². The van der Waals surface area contributed by atoms with E-state index >= 15 is 0 Å². The smallest absolute Gasteiger partial charge is 0.246 e. The van der Waals surface area contributed by atoms with Gasteiger partial charge in [0.25, 0.3) is 0 Å². The number of nitrogens with zero attached hydrogens (tertiary/aromatic N) is 5. The monoisotopic (exact) mass is 274 g/mol. The van der Waals surface area contributed by atoms with Gasteiger partial charge in [0.2, 0.25) is 5.89 Å². The van der Waals surface area contributed by atoms with Crippen LogP contribution in [0.4, 0.5) is 5.82 Å². The minimum absolute atomic E-state index is 0.218. The van der Waals surface area contributed by atoms with Crippen molar-refractivity contribution < 1.29 is 9.26 Å². The molecule has 20 heavy (non-hydrogen) atoms. The first-order valence-electron chi connectivity index (χ1n) is 6.13. The van der Waals surface area contributed by atoms with Crippen molar-refractivity contribution in [1.29, 1.82) is 5.26 Å². The van der Waals surface area contributed by atoms with Gasteiger partial charge in [-0.2, -0.15) is 10.2 Å². The van der Waals surface area contributed by atoms with E-state index in [1.165, 1.54) is 12.4 Å². The number of ether oxygens (including phenoxy) is 1. The summed E-state index contributed by atoms with van der Waals surface area (Å²) < 4.78 is 10.5. The summed E-state index contributed by atoms with van der Waals surface area (Å²) in [6.45, 7) is 4.59. The van der Waals surface area contributed by atoms with E-state index in [2.05, 4.69) is 25.4 Å². The number of anilines is 1. The molecule has 2 rings (SSSR count). The first-order chi connectivity index (χ1) is 9.74. The fourth-order valence-corrected chi connectivity index (χ4v) is 1.54. The molecule has 0 aromatic carbocycles. The molecule has 0 aliphatic carbocycles. The Bertz CT molecular complexity index is 606. The maximum atomic E-state index is 8.89. The Balaban J connectivity index is 1.99. The molecule has 0 aliphatic heterocycles. The molecule has 0 spiro atoms. The lowest BCUT2D eigenvalue weighted by Gasteiger charge is -2.05. The summed E-state index contributed by atoms with van der Waals surface area (Å²) in [5.41, 5.74) is 0.218. The predicted octanol–water partition coefficient (Wildman–Crippen LogP) is 1.44. The second-order valence-electron chi connectivity index (χ2n) is 3.86. The zero-order valence-electron chi connectivity index (χ0n) is 11.2. The van der Waals surface area contributed by atoms with Crippen LogP contribution in [-0.4, -0.2) is 26.7 Å².